The van der Waals surface area contributed by atoms with E-state index < -0.39 is 9.84 Å². The second kappa shape index (κ2) is 11.4. The molecule has 7 nitrogen and oxygen atoms in total. The minimum absolute atomic E-state index is 0.120. The van der Waals surface area contributed by atoms with E-state index in [4.69, 9.17) is 21.1 Å². The van der Waals surface area contributed by atoms with Crippen LogP contribution in [0.25, 0.3) is 11.1 Å². The van der Waals surface area contributed by atoms with Gasteiger partial charge in [-0.1, -0.05) is 36.7 Å². The van der Waals surface area contributed by atoms with Crippen molar-refractivity contribution in [2.45, 2.75) is 37.1 Å². The highest BCUT2D eigenvalue weighted by atomic mass is 35.5. The maximum atomic E-state index is 13.2. The molecule has 9 heteroatoms. The molecule has 1 aliphatic rings. The van der Waals surface area contributed by atoms with Crippen LogP contribution in [-0.4, -0.2) is 51.4 Å². The Bertz CT molecular complexity index is 1360. The summed E-state index contributed by atoms with van der Waals surface area (Å²) >= 11 is 6.14. The summed E-state index contributed by atoms with van der Waals surface area (Å²) < 4.78 is 35.9. The number of fused-ring (bicyclic) bond motifs is 1. The molecule has 1 N–H and O–H groups in total. The van der Waals surface area contributed by atoms with E-state index in [1.54, 1.807) is 37.6 Å². The first-order chi connectivity index (χ1) is 17.3. The highest BCUT2D eigenvalue weighted by Gasteiger charge is 2.27. The van der Waals surface area contributed by atoms with Gasteiger partial charge in [-0.25, -0.2) is 13.4 Å². The Kier molecular flexibility index (Phi) is 8.28. The fourth-order valence-electron chi connectivity index (χ4n) is 4.32. The molecular weight excluding hydrogens is 500 g/mol. The SMILES string of the molecule is CCCS(=O)(=O)c1ccc2c(c1)CC(NC(=O)c1ncc(-c3cccc(Cl)c3)cc1OCCOC)C2. The maximum absolute atomic E-state index is 13.2. The van der Waals surface area contributed by atoms with Crippen LogP contribution in [0.4, 0.5) is 0 Å². The Labute approximate surface area is 216 Å². The van der Waals surface area contributed by atoms with Crippen molar-refractivity contribution >= 4 is 27.3 Å². The average Bonchev–Trinajstić information content (AvgIpc) is 3.25. The van der Waals surface area contributed by atoms with Crippen molar-refractivity contribution in [1.29, 1.82) is 0 Å². The Hall–Kier alpha value is -2.94. The van der Waals surface area contributed by atoms with Crippen molar-refractivity contribution in [2.75, 3.05) is 26.1 Å². The largest absolute Gasteiger partial charge is 0.489 e. The van der Waals surface area contributed by atoms with E-state index in [0.717, 1.165) is 22.3 Å². The van der Waals surface area contributed by atoms with E-state index >= 15 is 0 Å². The highest BCUT2D eigenvalue weighted by molar-refractivity contribution is 7.91. The molecule has 0 radical (unpaired) electrons. The number of hydrogen-bond donors (Lipinski definition) is 1. The van der Waals surface area contributed by atoms with Gasteiger partial charge in [0.25, 0.3) is 5.91 Å². The number of amides is 1. The molecule has 1 heterocycles. The van der Waals surface area contributed by atoms with Crippen LogP contribution in [0.5, 0.6) is 5.75 Å². The Morgan fingerprint density at radius 3 is 2.64 bits per heavy atom. The zero-order valence-electron chi connectivity index (χ0n) is 20.3. The number of nitrogens with zero attached hydrogens (tertiary/aromatic N) is 1. The molecule has 2 aromatic carbocycles. The lowest BCUT2D eigenvalue weighted by molar-refractivity contribution is 0.0925. The van der Waals surface area contributed by atoms with Gasteiger partial charge in [0.15, 0.2) is 21.3 Å². The molecule has 0 saturated heterocycles. The van der Waals surface area contributed by atoms with Gasteiger partial charge in [0.05, 0.1) is 17.3 Å². The number of halogens is 1. The molecular formula is C27H29ClN2O5S. The number of pyridine rings is 1. The van der Waals surface area contributed by atoms with E-state index in [2.05, 4.69) is 10.3 Å². The second-order valence-electron chi connectivity index (χ2n) is 8.75. The van der Waals surface area contributed by atoms with Gasteiger partial charge in [-0.3, -0.25) is 4.79 Å². The monoisotopic (exact) mass is 528 g/mol. The van der Waals surface area contributed by atoms with Gasteiger partial charge < -0.3 is 14.8 Å². The number of ether oxygens (including phenoxy) is 2. The Morgan fingerprint density at radius 2 is 1.89 bits per heavy atom. The summed E-state index contributed by atoms with van der Waals surface area (Å²) in [5.74, 6) is 0.122. The number of nitrogens with one attached hydrogen (secondary N) is 1. The van der Waals surface area contributed by atoms with Crippen LogP contribution in [0.15, 0.2) is 59.6 Å². The van der Waals surface area contributed by atoms with Gasteiger partial charge >= 0.3 is 0 Å². The molecule has 36 heavy (non-hydrogen) atoms. The van der Waals surface area contributed by atoms with E-state index in [-0.39, 0.29) is 30.0 Å². The summed E-state index contributed by atoms with van der Waals surface area (Å²) in [6.45, 7) is 2.48. The summed E-state index contributed by atoms with van der Waals surface area (Å²) in [6.07, 6.45) is 3.36. The van der Waals surface area contributed by atoms with E-state index in [9.17, 15) is 13.2 Å². The van der Waals surface area contributed by atoms with Crippen LogP contribution in [-0.2, 0) is 27.4 Å². The minimum Gasteiger partial charge on any atom is -0.489 e. The summed E-state index contributed by atoms with van der Waals surface area (Å²) in [4.78, 5) is 18.0. The lowest BCUT2D eigenvalue weighted by atomic mass is 10.1. The smallest absolute Gasteiger partial charge is 0.273 e. The van der Waals surface area contributed by atoms with Crippen molar-refractivity contribution in [3.63, 3.8) is 0 Å². The molecule has 1 amide bonds. The van der Waals surface area contributed by atoms with Crippen LogP contribution in [0.1, 0.15) is 35.0 Å². The van der Waals surface area contributed by atoms with Crippen molar-refractivity contribution in [2.24, 2.45) is 0 Å². The topological polar surface area (TPSA) is 94.6 Å². The number of methoxy groups -OCH3 is 1. The third-order valence-electron chi connectivity index (χ3n) is 6.05. The second-order valence-corrected chi connectivity index (χ2v) is 11.3. The van der Waals surface area contributed by atoms with Gasteiger partial charge in [0, 0.05) is 29.9 Å². The van der Waals surface area contributed by atoms with Crippen LogP contribution < -0.4 is 10.1 Å². The summed E-state index contributed by atoms with van der Waals surface area (Å²) in [7, 11) is -1.72. The van der Waals surface area contributed by atoms with E-state index in [0.29, 0.717) is 41.5 Å². The number of carbonyl (C=O) groups is 1. The molecule has 4 rings (SSSR count). The molecule has 1 unspecified atom stereocenters. The van der Waals surface area contributed by atoms with Crippen molar-refractivity contribution in [3.8, 4) is 16.9 Å². The van der Waals surface area contributed by atoms with Crippen molar-refractivity contribution in [1.82, 2.24) is 10.3 Å². The highest BCUT2D eigenvalue weighted by Crippen LogP contribution is 2.29. The van der Waals surface area contributed by atoms with Gasteiger partial charge in [-0.05, 0) is 66.3 Å². The molecule has 0 saturated carbocycles. The number of rotatable bonds is 10. The lowest BCUT2D eigenvalue weighted by Gasteiger charge is -2.15. The van der Waals surface area contributed by atoms with Gasteiger partial charge in [-0.2, -0.15) is 0 Å². The predicted molar refractivity (Wildman–Crippen MR) is 140 cm³/mol. The maximum Gasteiger partial charge on any atom is 0.273 e. The molecule has 0 spiro atoms. The molecule has 0 aliphatic heterocycles. The first kappa shape index (κ1) is 26.1. The van der Waals surface area contributed by atoms with E-state index in [1.807, 2.05) is 31.2 Å². The number of sulfone groups is 1. The fraction of sp³-hybridized carbons (Fsp3) is 0.333. The third-order valence-corrected chi connectivity index (χ3v) is 8.20. The quantitative estimate of drug-likeness (QED) is 0.389. The molecule has 0 bridgehead atoms. The summed E-state index contributed by atoms with van der Waals surface area (Å²) in [6, 6.07) is 14.2. The number of carbonyl (C=O) groups excluding carboxylic acids is 1. The van der Waals surface area contributed by atoms with E-state index in [1.165, 1.54) is 0 Å². The van der Waals surface area contributed by atoms with Crippen LogP contribution >= 0.6 is 11.6 Å². The number of aromatic nitrogens is 1. The van der Waals surface area contributed by atoms with Gasteiger partial charge in [-0.15, -0.1) is 0 Å². The zero-order valence-corrected chi connectivity index (χ0v) is 21.9. The first-order valence-electron chi connectivity index (χ1n) is 11.8. The summed E-state index contributed by atoms with van der Waals surface area (Å²) in [5.41, 5.74) is 3.79. The van der Waals surface area contributed by atoms with Crippen molar-refractivity contribution < 1.29 is 22.7 Å². The molecule has 0 fully saturated rings. The van der Waals surface area contributed by atoms with Gasteiger partial charge in [0.2, 0.25) is 0 Å². The van der Waals surface area contributed by atoms with Crippen LogP contribution in [0, 0.1) is 0 Å². The minimum atomic E-state index is -3.29. The van der Waals surface area contributed by atoms with Crippen LogP contribution in [0.3, 0.4) is 0 Å². The van der Waals surface area contributed by atoms with Crippen LogP contribution in [0.2, 0.25) is 5.02 Å². The standard InChI is InChI=1S/C27H29ClN2O5S/c1-3-11-36(32,33)24-8-7-19-13-23(14-20(19)15-24)30-27(31)26-25(35-10-9-34-2)16-21(17-29-26)18-5-4-6-22(28)12-18/h4-8,12,15-17,23H,3,9-11,13-14H2,1-2H3,(H,30,31). The Balaban J connectivity index is 1.52. The fourth-order valence-corrected chi connectivity index (χ4v) is 5.88. The number of hydrogen-bond acceptors (Lipinski definition) is 6. The first-order valence-corrected chi connectivity index (χ1v) is 13.9. The summed E-state index contributed by atoms with van der Waals surface area (Å²) in [5, 5.41) is 3.64. The lowest BCUT2D eigenvalue weighted by Crippen LogP contribution is -2.36. The molecule has 1 aromatic heterocycles. The molecule has 1 atom stereocenters. The zero-order chi connectivity index (χ0) is 25.7. The molecule has 3 aromatic rings. The average molecular weight is 529 g/mol. The predicted octanol–water partition coefficient (Wildman–Crippen LogP) is 4.51. The Morgan fingerprint density at radius 1 is 1.08 bits per heavy atom. The third kappa shape index (κ3) is 6.06. The number of benzene rings is 2. The molecule has 1 aliphatic carbocycles. The normalized spacial score (nSPS) is 14.9. The van der Waals surface area contributed by atoms with Gasteiger partial charge in [0.1, 0.15) is 6.61 Å². The van der Waals surface area contributed by atoms with Crippen molar-refractivity contribution in [3.05, 3.63) is 76.6 Å². The molecule has 190 valence electrons.